The third-order valence-corrected chi connectivity index (χ3v) is 2.43. The molecule has 1 N–H and O–H groups in total. The van der Waals surface area contributed by atoms with Crippen LogP contribution in [-0.4, -0.2) is 24.8 Å². The third-order valence-electron chi connectivity index (χ3n) is 2.43. The van der Waals surface area contributed by atoms with Crippen molar-refractivity contribution in [2.75, 3.05) is 12.4 Å². The lowest BCUT2D eigenvalue weighted by atomic mass is 10.2. The average Bonchev–Trinajstić information content (AvgIpc) is 2.70. The fourth-order valence-corrected chi connectivity index (χ4v) is 1.68. The second-order valence-electron chi connectivity index (χ2n) is 3.95. The van der Waals surface area contributed by atoms with Crippen molar-refractivity contribution >= 4 is 23.4 Å². The molecule has 98 valence electrons. The fourth-order valence-electron chi connectivity index (χ4n) is 1.68. The number of nitrogens with one attached hydrogen (secondary N) is 1. The van der Waals surface area contributed by atoms with Gasteiger partial charge in [-0.15, -0.1) is 0 Å². The predicted molar refractivity (Wildman–Crippen MR) is 64.6 cm³/mol. The first-order valence-corrected chi connectivity index (χ1v) is 5.49. The first-order valence-electron chi connectivity index (χ1n) is 5.49. The quantitative estimate of drug-likeness (QED) is 0.770. The molecule has 1 aliphatic heterocycles. The number of carbonyl (C=O) groups is 3. The standard InChI is InChI=1S/C12H11N3O4/c1-6(16)5-9(17)13-7-3-4-8(19-2)11-10(7)14-12(18)15-11/h3-4H,5H2,1-2H3,(H,13,17). The molecule has 1 aromatic carbocycles. The highest BCUT2D eigenvalue weighted by Gasteiger charge is 2.15. The number of urea groups is 1. The van der Waals surface area contributed by atoms with Gasteiger partial charge in [-0.3, -0.25) is 9.59 Å². The van der Waals surface area contributed by atoms with Gasteiger partial charge in [0.2, 0.25) is 5.91 Å². The van der Waals surface area contributed by atoms with Gasteiger partial charge in [0.1, 0.15) is 22.2 Å². The first kappa shape index (κ1) is 12.9. The fraction of sp³-hybridized carbons (Fsp3) is 0.250. The summed E-state index contributed by atoms with van der Waals surface area (Å²) in [5.41, 5.74) is 0.330. The Hall–Kier alpha value is -2.57. The Bertz CT molecular complexity index is 694. The number of fused-ring (bicyclic) bond motifs is 1. The molecule has 0 spiro atoms. The lowest BCUT2D eigenvalue weighted by Gasteiger charge is -2.05. The number of ether oxygens (including phenoxy) is 1. The molecule has 0 unspecified atom stereocenters. The number of nitrogens with zero attached hydrogens (tertiary/aromatic N) is 2. The first-order chi connectivity index (χ1) is 9.01. The van der Waals surface area contributed by atoms with Crippen LogP contribution in [0.25, 0.3) is 0 Å². The van der Waals surface area contributed by atoms with Gasteiger partial charge in [0.05, 0.1) is 19.2 Å². The Morgan fingerprint density at radius 2 is 1.95 bits per heavy atom. The molecule has 7 heteroatoms. The van der Waals surface area contributed by atoms with E-state index in [1.807, 2.05) is 0 Å². The number of hydrogen-bond acceptors (Lipinski definition) is 4. The monoisotopic (exact) mass is 261 g/mol. The third kappa shape index (κ3) is 2.65. The Morgan fingerprint density at radius 1 is 1.26 bits per heavy atom. The summed E-state index contributed by atoms with van der Waals surface area (Å²) in [6, 6.07) is 2.47. The molecule has 19 heavy (non-hydrogen) atoms. The van der Waals surface area contributed by atoms with Crippen molar-refractivity contribution in [2.24, 2.45) is 9.98 Å². The van der Waals surface area contributed by atoms with Crippen molar-refractivity contribution in [3.05, 3.63) is 22.8 Å². The van der Waals surface area contributed by atoms with Gasteiger partial charge in [0.15, 0.2) is 0 Å². The summed E-state index contributed by atoms with van der Waals surface area (Å²) in [7, 11) is 1.45. The summed E-state index contributed by atoms with van der Waals surface area (Å²) in [4.78, 5) is 41.0. The topological polar surface area (TPSA) is 97.2 Å². The molecule has 7 nitrogen and oxygen atoms in total. The smallest absolute Gasteiger partial charge is 0.368 e. The van der Waals surface area contributed by atoms with E-state index in [-0.39, 0.29) is 22.9 Å². The number of carbonyl (C=O) groups excluding carboxylic acids is 3. The Kier molecular flexibility index (Phi) is 3.37. The highest BCUT2D eigenvalue weighted by atomic mass is 16.5. The molecule has 0 aromatic heterocycles. The van der Waals surface area contributed by atoms with E-state index in [9.17, 15) is 14.4 Å². The van der Waals surface area contributed by atoms with Crippen LogP contribution in [0.5, 0.6) is 5.75 Å². The Morgan fingerprint density at radius 3 is 2.58 bits per heavy atom. The van der Waals surface area contributed by atoms with Gasteiger partial charge in [-0.1, -0.05) is 0 Å². The summed E-state index contributed by atoms with van der Waals surface area (Å²) < 4.78 is 5.06. The minimum absolute atomic E-state index is 0.230. The van der Waals surface area contributed by atoms with Gasteiger partial charge in [0.25, 0.3) is 0 Å². The predicted octanol–water partition coefficient (Wildman–Crippen LogP) is -0.0144. The van der Waals surface area contributed by atoms with E-state index >= 15 is 0 Å². The van der Waals surface area contributed by atoms with Crippen LogP contribution < -0.4 is 20.8 Å². The van der Waals surface area contributed by atoms with Crippen LogP contribution in [-0.2, 0) is 9.59 Å². The number of ketones is 1. The molecular formula is C12H11N3O4. The summed E-state index contributed by atoms with van der Waals surface area (Å²) >= 11 is 0. The van der Waals surface area contributed by atoms with Crippen LogP contribution in [0.4, 0.5) is 10.5 Å². The van der Waals surface area contributed by atoms with Gasteiger partial charge in [-0.2, -0.15) is 9.98 Å². The second-order valence-corrected chi connectivity index (χ2v) is 3.95. The minimum Gasteiger partial charge on any atom is -0.494 e. The van der Waals surface area contributed by atoms with E-state index < -0.39 is 11.9 Å². The Balaban J connectivity index is 2.41. The van der Waals surface area contributed by atoms with Gasteiger partial charge in [-0.25, -0.2) is 4.79 Å². The number of Topliss-reactive ketones (excluding diaryl/α,β-unsaturated/α-hetero) is 1. The van der Waals surface area contributed by atoms with Gasteiger partial charge < -0.3 is 10.1 Å². The maximum absolute atomic E-state index is 11.5. The maximum Gasteiger partial charge on any atom is 0.368 e. The van der Waals surface area contributed by atoms with Crippen LogP contribution in [0.1, 0.15) is 13.3 Å². The molecule has 0 radical (unpaired) electrons. The molecule has 0 atom stereocenters. The van der Waals surface area contributed by atoms with Crippen LogP contribution in [0, 0.1) is 0 Å². The molecular weight excluding hydrogens is 250 g/mol. The van der Waals surface area contributed by atoms with Crippen LogP contribution in [0.3, 0.4) is 0 Å². The van der Waals surface area contributed by atoms with E-state index in [0.29, 0.717) is 11.4 Å². The van der Waals surface area contributed by atoms with Crippen molar-refractivity contribution < 1.29 is 19.1 Å². The number of benzene rings is 1. The molecule has 1 aromatic rings. The van der Waals surface area contributed by atoms with Crippen molar-refractivity contribution in [3.63, 3.8) is 0 Å². The molecule has 1 aliphatic rings. The van der Waals surface area contributed by atoms with Crippen LogP contribution >= 0.6 is 0 Å². The zero-order valence-corrected chi connectivity index (χ0v) is 10.4. The second kappa shape index (κ2) is 4.97. The van der Waals surface area contributed by atoms with Crippen LogP contribution in [0.15, 0.2) is 22.1 Å². The van der Waals surface area contributed by atoms with Crippen molar-refractivity contribution in [1.82, 2.24) is 0 Å². The molecule has 3 amide bonds. The molecule has 1 heterocycles. The average molecular weight is 261 g/mol. The molecule has 0 saturated heterocycles. The molecule has 0 saturated carbocycles. The summed E-state index contributed by atoms with van der Waals surface area (Å²) in [6.45, 7) is 1.32. The van der Waals surface area contributed by atoms with E-state index in [1.165, 1.54) is 14.0 Å². The van der Waals surface area contributed by atoms with Crippen molar-refractivity contribution in [1.29, 1.82) is 0 Å². The van der Waals surface area contributed by atoms with Crippen molar-refractivity contribution in [3.8, 4) is 5.75 Å². The normalized spacial score (nSPS) is 12.2. The summed E-state index contributed by atoms with van der Waals surface area (Å²) in [5.74, 6) is -0.316. The lowest BCUT2D eigenvalue weighted by molar-refractivity contribution is -0.124. The van der Waals surface area contributed by atoms with Gasteiger partial charge >= 0.3 is 6.03 Å². The largest absolute Gasteiger partial charge is 0.494 e. The minimum atomic E-state index is -0.651. The summed E-state index contributed by atoms with van der Waals surface area (Å²) in [6.07, 6.45) is -0.230. The van der Waals surface area contributed by atoms with E-state index in [0.717, 1.165) is 0 Å². The number of hydrogen-bond donors (Lipinski definition) is 1. The lowest BCUT2D eigenvalue weighted by Crippen LogP contribution is -2.29. The molecule has 0 bridgehead atoms. The van der Waals surface area contributed by atoms with Gasteiger partial charge in [-0.05, 0) is 19.1 Å². The number of rotatable bonds is 4. The highest BCUT2D eigenvalue weighted by Crippen LogP contribution is 2.08. The van der Waals surface area contributed by atoms with E-state index in [4.69, 9.17) is 4.74 Å². The SMILES string of the molecule is COc1ccc(NC(=O)CC(C)=O)c2c1=NC(=O)N=2. The number of methoxy groups -OCH3 is 1. The molecule has 0 fully saturated rings. The molecule has 2 rings (SSSR count). The van der Waals surface area contributed by atoms with E-state index in [1.54, 1.807) is 12.1 Å². The number of anilines is 1. The summed E-state index contributed by atoms with van der Waals surface area (Å²) in [5, 5.41) is 3.06. The van der Waals surface area contributed by atoms with Gasteiger partial charge in [0, 0.05) is 0 Å². The Labute approximate surface area is 108 Å². The van der Waals surface area contributed by atoms with Crippen molar-refractivity contribution in [2.45, 2.75) is 13.3 Å². The zero-order valence-electron chi connectivity index (χ0n) is 10.4. The van der Waals surface area contributed by atoms with Crippen LogP contribution in [0.2, 0.25) is 0 Å². The van der Waals surface area contributed by atoms with E-state index in [2.05, 4.69) is 15.3 Å². The number of amides is 3. The molecule has 0 aliphatic carbocycles. The zero-order chi connectivity index (χ0) is 14.0. The maximum atomic E-state index is 11.5. The highest BCUT2D eigenvalue weighted by molar-refractivity contribution is 6.03.